The number of nitrogens with one attached hydrogen (secondary N) is 2. The first kappa shape index (κ1) is 13.1. The number of hydrogen-bond donors (Lipinski definition) is 2. The lowest BCUT2D eigenvalue weighted by molar-refractivity contribution is -0.132. The number of likely N-dealkylation sites (tertiary alicyclic amines) is 1. The number of likely N-dealkylation sites (N-methyl/N-ethyl adjacent to an activating group) is 1. The molecule has 106 valence electrons. The van der Waals surface area contributed by atoms with Crippen molar-refractivity contribution in [3.8, 4) is 0 Å². The molecule has 3 rings (SSSR count). The maximum atomic E-state index is 12.3. The molecule has 2 aliphatic heterocycles. The molecule has 0 saturated carbocycles. The van der Waals surface area contributed by atoms with Gasteiger partial charge < -0.3 is 15.5 Å². The molecule has 5 nitrogen and oxygen atoms in total. The van der Waals surface area contributed by atoms with Crippen molar-refractivity contribution in [1.29, 1.82) is 0 Å². The summed E-state index contributed by atoms with van der Waals surface area (Å²) in [6.45, 7) is 2.31. The first-order chi connectivity index (χ1) is 9.63. The molecule has 5 heteroatoms. The van der Waals surface area contributed by atoms with Crippen molar-refractivity contribution in [2.45, 2.75) is 32.0 Å². The highest BCUT2D eigenvalue weighted by molar-refractivity contribution is 5.94. The second-order valence-corrected chi connectivity index (χ2v) is 5.57. The van der Waals surface area contributed by atoms with Crippen LogP contribution in [-0.2, 0) is 17.9 Å². The smallest absolute Gasteiger partial charge is 0.251 e. The van der Waals surface area contributed by atoms with E-state index in [0.717, 1.165) is 19.5 Å². The second kappa shape index (κ2) is 5.25. The molecule has 1 aromatic rings. The van der Waals surface area contributed by atoms with Gasteiger partial charge >= 0.3 is 0 Å². The van der Waals surface area contributed by atoms with Gasteiger partial charge in [-0.25, -0.2) is 0 Å². The summed E-state index contributed by atoms with van der Waals surface area (Å²) in [6, 6.07) is 5.90. The summed E-state index contributed by atoms with van der Waals surface area (Å²) in [5.74, 6) is 0.103. The van der Waals surface area contributed by atoms with Crippen molar-refractivity contribution in [3.05, 3.63) is 34.9 Å². The predicted octanol–water partition coefficient (Wildman–Crippen LogP) is 0.640. The number of hydrogen-bond acceptors (Lipinski definition) is 3. The van der Waals surface area contributed by atoms with Gasteiger partial charge in [-0.3, -0.25) is 9.59 Å². The summed E-state index contributed by atoms with van der Waals surface area (Å²) in [7, 11) is 1.78. The summed E-state index contributed by atoms with van der Waals surface area (Å²) in [4.78, 5) is 25.4. The molecular formula is C15H19N3O2. The Morgan fingerprint density at radius 2 is 2.15 bits per heavy atom. The van der Waals surface area contributed by atoms with E-state index >= 15 is 0 Å². The molecule has 20 heavy (non-hydrogen) atoms. The third-order valence-electron chi connectivity index (χ3n) is 4.06. The molecule has 1 saturated heterocycles. The minimum atomic E-state index is -0.0487. The topological polar surface area (TPSA) is 61.4 Å². The normalized spacial score (nSPS) is 21.8. The van der Waals surface area contributed by atoms with Crippen molar-refractivity contribution in [2.75, 3.05) is 13.6 Å². The lowest BCUT2D eigenvalue weighted by Crippen LogP contribution is -2.48. The highest BCUT2D eigenvalue weighted by atomic mass is 16.2. The quantitative estimate of drug-likeness (QED) is 0.831. The zero-order valence-corrected chi connectivity index (χ0v) is 11.6. The number of nitrogens with zero attached hydrogens (tertiary/aromatic N) is 1. The molecule has 1 aromatic carbocycles. The first-order valence-corrected chi connectivity index (χ1v) is 7.01. The zero-order valence-electron chi connectivity index (χ0n) is 11.6. The Morgan fingerprint density at radius 3 is 2.95 bits per heavy atom. The lowest BCUT2D eigenvalue weighted by atomic mass is 10.0. The maximum Gasteiger partial charge on any atom is 0.251 e. The van der Waals surface area contributed by atoms with Crippen LogP contribution in [0.1, 0.15) is 34.3 Å². The predicted molar refractivity (Wildman–Crippen MR) is 75.1 cm³/mol. The molecule has 2 heterocycles. The van der Waals surface area contributed by atoms with E-state index in [1.165, 1.54) is 11.1 Å². The number of benzene rings is 1. The molecule has 0 aliphatic carbocycles. The van der Waals surface area contributed by atoms with Crippen molar-refractivity contribution >= 4 is 11.8 Å². The van der Waals surface area contributed by atoms with Gasteiger partial charge in [0.05, 0.1) is 0 Å². The largest absolute Gasteiger partial charge is 0.348 e. The fourth-order valence-corrected chi connectivity index (χ4v) is 2.83. The number of piperidine rings is 1. The van der Waals surface area contributed by atoms with Gasteiger partial charge in [-0.15, -0.1) is 0 Å². The fraction of sp³-hybridized carbons (Fsp3) is 0.467. The molecule has 1 atom stereocenters. The monoisotopic (exact) mass is 273 g/mol. The molecule has 0 radical (unpaired) electrons. The van der Waals surface area contributed by atoms with Crippen molar-refractivity contribution in [1.82, 2.24) is 15.5 Å². The molecule has 2 amide bonds. The Hall–Kier alpha value is -1.88. The average Bonchev–Trinajstić information content (AvgIpc) is 2.90. The van der Waals surface area contributed by atoms with Gasteiger partial charge in [0.25, 0.3) is 5.91 Å². The number of carbonyl (C=O) groups is 2. The Kier molecular flexibility index (Phi) is 3.44. The van der Waals surface area contributed by atoms with E-state index in [2.05, 4.69) is 10.6 Å². The minimum absolute atomic E-state index is 0.0487. The van der Waals surface area contributed by atoms with Crippen LogP contribution in [0.5, 0.6) is 0 Å². The van der Waals surface area contributed by atoms with E-state index in [4.69, 9.17) is 0 Å². The third-order valence-corrected chi connectivity index (χ3v) is 4.06. The Balaban J connectivity index is 1.66. The van der Waals surface area contributed by atoms with E-state index in [0.29, 0.717) is 18.5 Å². The molecule has 1 unspecified atom stereocenters. The van der Waals surface area contributed by atoms with Gasteiger partial charge in [-0.2, -0.15) is 0 Å². The fourth-order valence-electron chi connectivity index (χ4n) is 2.83. The van der Waals surface area contributed by atoms with Crippen molar-refractivity contribution in [2.24, 2.45) is 0 Å². The number of fused-ring (bicyclic) bond motifs is 1. The Labute approximate surface area is 118 Å². The van der Waals surface area contributed by atoms with Gasteiger partial charge in [0.15, 0.2) is 0 Å². The van der Waals surface area contributed by atoms with E-state index in [9.17, 15) is 9.59 Å². The van der Waals surface area contributed by atoms with Crippen LogP contribution in [0.4, 0.5) is 0 Å². The van der Waals surface area contributed by atoms with Crippen LogP contribution in [-0.4, -0.2) is 36.3 Å². The van der Waals surface area contributed by atoms with Crippen LogP contribution in [0.25, 0.3) is 0 Å². The zero-order chi connectivity index (χ0) is 14.1. The maximum absolute atomic E-state index is 12.3. The summed E-state index contributed by atoms with van der Waals surface area (Å²) in [5, 5.41) is 6.29. The second-order valence-electron chi connectivity index (χ2n) is 5.57. The highest BCUT2D eigenvalue weighted by Gasteiger charge is 2.24. The van der Waals surface area contributed by atoms with E-state index in [1.54, 1.807) is 11.9 Å². The van der Waals surface area contributed by atoms with E-state index in [-0.39, 0.29) is 17.9 Å². The molecule has 1 fully saturated rings. The van der Waals surface area contributed by atoms with Gasteiger partial charge in [0, 0.05) is 44.7 Å². The van der Waals surface area contributed by atoms with Crippen molar-refractivity contribution in [3.63, 3.8) is 0 Å². The highest BCUT2D eigenvalue weighted by Crippen LogP contribution is 2.17. The van der Waals surface area contributed by atoms with Gasteiger partial charge in [0.1, 0.15) is 0 Å². The summed E-state index contributed by atoms with van der Waals surface area (Å²) < 4.78 is 0. The van der Waals surface area contributed by atoms with Crippen molar-refractivity contribution < 1.29 is 9.59 Å². The third kappa shape index (κ3) is 2.54. The van der Waals surface area contributed by atoms with Crippen LogP contribution in [0, 0.1) is 0 Å². The lowest BCUT2D eigenvalue weighted by Gasteiger charge is -2.30. The number of carbonyl (C=O) groups excluding carboxylic acids is 2. The van der Waals surface area contributed by atoms with Crippen LogP contribution in [0.3, 0.4) is 0 Å². The average molecular weight is 273 g/mol. The van der Waals surface area contributed by atoms with E-state index in [1.807, 2.05) is 18.2 Å². The van der Waals surface area contributed by atoms with Gasteiger partial charge in [0.2, 0.25) is 5.91 Å². The molecule has 0 bridgehead atoms. The Morgan fingerprint density at radius 1 is 1.35 bits per heavy atom. The summed E-state index contributed by atoms with van der Waals surface area (Å²) in [5.41, 5.74) is 3.17. The first-order valence-electron chi connectivity index (χ1n) is 7.01. The van der Waals surface area contributed by atoms with Crippen LogP contribution in [0.2, 0.25) is 0 Å². The standard InChI is InChI=1S/C15H19N3O2/c1-18-9-13(4-5-14(18)19)17-15(20)10-2-3-11-7-16-8-12(11)6-10/h2-3,6,13,16H,4-5,7-9H2,1H3,(H,17,20). The molecule has 0 spiro atoms. The minimum Gasteiger partial charge on any atom is -0.348 e. The molecule has 0 aromatic heterocycles. The molecule has 2 N–H and O–H groups in total. The van der Waals surface area contributed by atoms with Gasteiger partial charge in [-0.05, 0) is 29.7 Å². The summed E-state index contributed by atoms with van der Waals surface area (Å²) in [6.07, 6.45) is 1.23. The number of amides is 2. The van der Waals surface area contributed by atoms with Crippen LogP contribution < -0.4 is 10.6 Å². The molecular weight excluding hydrogens is 254 g/mol. The molecule has 2 aliphatic rings. The summed E-state index contributed by atoms with van der Waals surface area (Å²) >= 11 is 0. The number of rotatable bonds is 2. The SMILES string of the molecule is CN1CC(NC(=O)c2ccc3c(c2)CNC3)CCC1=O. The Bertz CT molecular complexity index is 556. The van der Waals surface area contributed by atoms with Gasteiger partial charge in [-0.1, -0.05) is 6.07 Å². The van der Waals surface area contributed by atoms with Crippen LogP contribution >= 0.6 is 0 Å². The van der Waals surface area contributed by atoms with Crippen LogP contribution in [0.15, 0.2) is 18.2 Å². The van der Waals surface area contributed by atoms with E-state index < -0.39 is 0 Å².